The normalized spacial score (nSPS) is 22.8. The van der Waals surface area contributed by atoms with Gasteiger partial charge >= 0.3 is 24.3 Å². The molecular weight excluding hydrogens is 495 g/mol. The summed E-state index contributed by atoms with van der Waals surface area (Å²) in [5.41, 5.74) is 0.699. The van der Waals surface area contributed by atoms with Crippen LogP contribution in [0.1, 0.15) is 39.7 Å². The first kappa shape index (κ1) is 28.3. The fourth-order valence-electron chi connectivity index (χ4n) is 4.85. The van der Waals surface area contributed by atoms with Gasteiger partial charge in [0.2, 0.25) is 5.91 Å². The van der Waals surface area contributed by atoms with Crippen LogP contribution in [0.3, 0.4) is 0 Å². The molecule has 2 saturated heterocycles. The summed E-state index contributed by atoms with van der Waals surface area (Å²) in [4.78, 5) is 53.4. The van der Waals surface area contributed by atoms with Gasteiger partial charge in [0, 0.05) is 6.54 Å². The van der Waals surface area contributed by atoms with Crippen LogP contribution in [0.5, 0.6) is 0 Å². The molecule has 0 spiro atoms. The molecule has 1 aromatic carbocycles. The van der Waals surface area contributed by atoms with E-state index in [4.69, 9.17) is 9.47 Å². The van der Waals surface area contributed by atoms with Crippen molar-refractivity contribution in [3.05, 3.63) is 35.9 Å². The molecule has 2 aliphatic rings. The van der Waals surface area contributed by atoms with Crippen molar-refractivity contribution < 1.29 is 41.8 Å². The van der Waals surface area contributed by atoms with E-state index < -0.39 is 60.1 Å². The van der Waals surface area contributed by atoms with Crippen LogP contribution < -0.4 is 5.32 Å². The number of nitrogens with one attached hydrogen (secondary N) is 1. The van der Waals surface area contributed by atoms with E-state index >= 15 is 0 Å². The molecule has 12 heteroatoms. The van der Waals surface area contributed by atoms with Crippen molar-refractivity contribution in [2.45, 2.75) is 65.0 Å². The summed E-state index contributed by atoms with van der Waals surface area (Å²) in [5, 5.41) is 1.95. The summed E-state index contributed by atoms with van der Waals surface area (Å²) in [5.74, 6) is -4.60. The molecule has 1 N–H and O–H groups in total. The molecule has 0 radical (unpaired) electrons. The summed E-state index contributed by atoms with van der Waals surface area (Å²) in [6, 6.07) is 5.87. The van der Waals surface area contributed by atoms with E-state index in [1.165, 1.54) is 4.90 Å². The van der Waals surface area contributed by atoms with E-state index in [0.29, 0.717) is 5.56 Å². The van der Waals surface area contributed by atoms with E-state index in [1.54, 1.807) is 44.2 Å². The molecule has 0 aromatic heterocycles. The summed E-state index contributed by atoms with van der Waals surface area (Å²) in [6.45, 7) is 6.82. The van der Waals surface area contributed by atoms with Crippen molar-refractivity contribution in [3.8, 4) is 0 Å². The zero-order valence-corrected chi connectivity index (χ0v) is 21.2. The second-order valence-electron chi connectivity index (χ2n) is 9.96. The average Bonchev–Trinajstić information content (AvgIpc) is 3.41. The molecule has 3 rings (SSSR count). The molecule has 1 unspecified atom stereocenters. The van der Waals surface area contributed by atoms with Crippen molar-refractivity contribution in [3.63, 3.8) is 0 Å². The maximum Gasteiger partial charge on any atom is 0.471 e. The van der Waals surface area contributed by atoms with Gasteiger partial charge in [0.25, 0.3) is 0 Å². The second-order valence-corrected chi connectivity index (χ2v) is 9.96. The number of hydrogen-bond donors (Lipinski definition) is 1. The van der Waals surface area contributed by atoms with Gasteiger partial charge in [-0.05, 0) is 23.8 Å². The lowest BCUT2D eigenvalue weighted by atomic mass is 9.83. The number of likely N-dealkylation sites (tertiary alicyclic amines) is 1. The van der Waals surface area contributed by atoms with E-state index in [0.717, 1.165) is 4.90 Å². The SMILES string of the molecule is CC(C)C(C(=O)N1C(=O)OC[C@H]1C(C)C)[C@H]1[C@H](NC(=O)C(F)(F)F)CCN1C(=O)OCc1ccccc1. The minimum atomic E-state index is -5.15. The van der Waals surface area contributed by atoms with Gasteiger partial charge in [-0.3, -0.25) is 9.59 Å². The highest BCUT2D eigenvalue weighted by atomic mass is 19.4. The Bertz CT molecular complexity index is 1000. The third kappa shape index (κ3) is 6.34. The molecule has 204 valence electrons. The highest BCUT2D eigenvalue weighted by Gasteiger charge is 2.53. The van der Waals surface area contributed by atoms with Crippen molar-refractivity contribution >= 4 is 24.0 Å². The second kappa shape index (κ2) is 11.4. The number of carbonyl (C=O) groups excluding carboxylic acids is 4. The number of hydrogen-bond acceptors (Lipinski definition) is 6. The van der Waals surface area contributed by atoms with Gasteiger partial charge in [0.15, 0.2) is 0 Å². The number of ether oxygens (including phenoxy) is 2. The molecule has 4 amide bonds. The molecule has 9 nitrogen and oxygen atoms in total. The van der Waals surface area contributed by atoms with Crippen LogP contribution in [0.15, 0.2) is 30.3 Å². The molecule has 1 aromatic rings. The van der Waals surface area contributed by atoms with Crippen LogP contribution in [0.4, 0.5) is 22.8 Å². The van der Waals surface area contributed by atoms with Crippen LogP contribution in [-0.2, 0) is 25.7 Å². The van der Waals surface area contributed by atoms with E-state index in [2.05, 4.69) is 0 Å². The average molecular weight is 528 g/mol. The fourth-order valence-corrected chi connectivity index (χ4v) is 4.85. The first-order valence-electron chi connectivity index (χ1n) is 12.2. The molecule has 0 bridgehead atoms. The minimum absolute atomic E-state index is 0.00517. The van der Waals surface area contributed by atoms with E-state index in [1.807, 2.05) is 19.2 Å². The maximum atomic E-state index is 13.8. The minimum Gasteiger partial charge on any atom is -0.447 e. The lowest BCUT2D eigenvalue weighted by Crippen LogP contribution is -2.58. The van der Waals surface area contributed by atoms with Crippen LogP contribution >= 0.6 is 0 Å². The van der Waals surface area contributed by atoms with Crippen LogP contribution in [0.25, 0.3) is 0 Å². The Balaban J connectivity index is 1.93. The number of cyclic esters (lactones) is 1. The Morgan fingerprint density at radius 2 is 1.78 bits per heavy atom. The Labute approximate surface area is 213 Å². The number of benzene rings is 1. The number of carbonyl (C=O) groups is 4. The van der Waals surface area contributed by atoms with Gasteiger partial charge in [-0.1, -0.05) is 58.0 Å². The maximum absolute atomic E-state index is 13.8. The molecule has 37 heavy (non-hydrogen) atoms. The van der Waals surface area contributed by atoms with Gasteiger partial charge < -0.3 is 19.7 Å². The summed E-state index contributed by atoms with van der Waals surface area (Å²) >= 11 is 0. The predicted octanol–water partition coefficient (Wildman–Crippen LogP) is 3.72. The Morgan fingerprint density at radius 1 is 1.14 bits per heavy atom. The number of rotatable bonds is 7. The summed E-state index contributed by atoms with van der Waals surface area (Å²) < 4.78 is 49.8. The zero-order valence-electron chi connectivity index (χ0n) is 21.2. The molecule has 2 heterocycles. The largest absolute Gasteiger partial charge is 0.471 e. The van der Waals surface area contributed by atoms with E-state index in [-0.39, 0.29) is 32.1 Å². The highest BCUT2D eigenvalue weighted by molar-refractivity contribution is 5.95. The first-order valence-corrected chi connectivity index (χ1v) is 12.2. The third-order valence-electron chi connectivity index (χ3n) is 6.75. The standard InChI is InChI=1S/C25H32F3N3O6/c1-14(2)18-13-37-24(35)31(18)21(32)19(15(3)4)20-17(29-22(33)25(26,27)28)10-11-30(20)23(34)36-12-16-8-6-5-7-9-16/h5-9,14-15,17-20H,10-13H2,1-4H3,(H,29,33)/t17-,18+,19?,20-/m1/s1. The monoisotopic (exact) mass is 527 g/mol. The zero-order chi connectivity index (χ0) is 27.5. The number of amides is 4. The molecule has 0 aliphatic carbocycles. The number of alkyl halides is 3. The van der Waals surface area contributed by atoms with Gasteiger partial charge in [-0.25, -0.2) is 14.5 Å². The topological polar surface area (TPSA) is 105 Å². The van der Waals surface area contributed by atoms with E-state index in [9.17, 15) is 32.3 Å². The lowest BCUT2D eigenvalue weighted by molar-refractivity contribution is -0.174. The molecule has 4 atom stereocenters. The van der Waals surface area contributed by atoms with Gasteiger partial charge in [0.1, 0.15) is 13.2 Å². The summed E-state index contributed by atoms with van der Waals surface area (Å²) in [7, 11) is 0. The molecule has 2 aliphatic heterocycles. The number of halogens is 3. The van der Waals surface area contributed by atoms with Gasteiger partial charge in [-0.15, -0.1) is 0 Å². The van der Waals surface area contributed by atoms with Crippen molar-refractivity contribution in [1.82, 2.24) is 15.1 Å². The molecular formula is C25H32F3N3O6. The van der Waals surface area contributed by atoms with Crippen LogP contribution in [0, 0.1) is 17.8 Å². The van der Waals surface area contributed by atoms with Gasteiger partial charge in [-0.2, -0.15) is 13.2 Å². The quantitative estimate of drug-likeness (QED) is 0.580. The highest BCUT2D eigenvalue weighted by Crippen LogP contribution is 2.34. The number of nitrogens with zero attached hydrogens (tertiary/aromatic N) is 2. The van der Waals surface area contributed by atoms with Crippen molar-refractivity contribution in [2.75, 3.05) is 13.2 Å². The Hall–Kier alpha value is -3.31. The smallest absolute Gasteiger partial charge is 0.447 e. The lowest BCUT2D eigenvalue weighted by Gasteiger charge is -2.38. The van der Waals surface area contributed by atoms with Crippen LogP contribution in [0.2, 0.25) is 0 Å². The van der Waals surface area contributed by atoms with Crippen molar-refractivity contribution in [1.29, 1.82) is 0 Å². The third-order valence-corrected chi connectivity index (χ3v) is 6.75. The first-order chi connectivity index (χ1) is 17.3. The Kier molecular flexibility index (Phi) is 8.70. The van der Waals surface area contributed by atoms with Gasteiger partial charge in [0.05, 0.1) is 24.0 Å². The molecule has 2 fully saturated rings. The Morgan fingerprint density at radius 3 is 2.35 bits per heavy atom. The fraction of sp³-hybridized carbons (Fsp3) is 0.600. The molecule has 0 saturated carbocycles. The number of imide groups is 1. The predicted molar refractivity (Wildman–Crippen MR) is 125 cm³/mol. The van der Waals surface area contributed by atoms with Crippen LogP contribution in [-0.4, -0.2) is 71.3 Å². The summed E-state index contributed by atoms with van der Waals surface area (Å²) in [6.07, 6.45) is -6.85. The van der Waals surface area contributed by atoms with Crippen molar-refractivity contribution in [2.24, 2.45) is 17.8 Å².